The highest BCUT2D eigenvalue weighted by Crippen LogP contribution is 2.28. The van der Waals surface area contributed by atoms with Crippen LogP contribution in [0, 0.1) is 0 Å². The van der Waals surface area contributed by atoms with Crippen molar-refractivity contribution >= 4 is 28.6 Å². The van der Waals surface area contributed by atoms with Crippen molar-refractivity contribution in [2.24, 2.45) is 0 Å². The Labute approximate surface area is 191 Å². The highest BCUT2D eigenvalue weighted by molar-refractivity contribution is 7.99. The Balaban J connectivity index is 1.66. The minimum Gasteiger partial charge on any atom is -0.493 e. The van der Waals surface area contributed by atoms with Crippen LogP contribution in [0.25, 0.3) is 10.9 Å². The molecule has 1 fully saturated rings. The SMILES string of the molecule is COc1ccc(Cn2c(SCC(=O)N3CCCCC3)nc3ccccc3c2=O)cc1OC. The fourth-order valence-electron chi connectivity index (χ4n) is 3.92. The van der Waals surface area contributed by atoms with Gasteiger partial charge in [0.1, 0.15) is 0 Å². The zero-order valence-corrected chi connectivity index (χ0v) is 19.2. The van der Waals surface area contributed by atoms with Crippen molar-refractivity contribution in [1.82, 2.24) is 14.5 Å². The van der Waals surface area contributed by atoms with Gasteiger partial charge in [-0.15, -0.1) is 0 Å². The molecular formula is C24H27N3O4S. The molecule has 2 aromatic carbocycles. The number of benzene rings is 2. The molecule has 1 amide bonds. The second-order valence-corrected chi connectivity index (χ2v) is 8.66. The monoisotopic (exact) mass is 453 g/mol. The van der Waals surface area contributed by atoms with Crippen molar-refractivity contribution in [3.8, 4) is 11.5 Å². The van der Waals surface area contributed by atoms with Gasteiger partial charge < -0.3 is 14.4 Å². The molecule has 1 aliphatic heterocycles. The first kappa shape index (κ1) is 22.2. The number of thioether (sulfide) groups is 1. The molecule has 1 aliphatic rings. The first-order valence-corrected chi connectivity index (χ1v) is 11.7. The van der Waals surface area contributed by atoms with Crippen LogP contribution < -0.4 is 15.0 Å². The summed E-state index contributed by atoms with van der Waals surface area (Å²) >= 11 is 1.32. The van der Waals surface area contributed by atoms with Gasteiger partial charge in [-0.25, -0.2) is 4.98 Å². The molecule has 0 atom stereocenters. The maximum Gasteiger partial charge on any atom is 0.262 e. The molecule has 1 aromatic heterocycles. The van der Waals surface area contributed by atoms with E-state index < -0.39 is 0 Å². The van der Waals surface area contributed by atoms with E-state index in [4.69, 9.17) is 14.5 Å². The molecule has 8 heteroatoms. The summed E-state index contributed by atoms with van der Waals surface area (Å²) in [6, 6.07) is 12.9. The highest BCUT2D eigenvalue weighted by Gasteiger charge is 2.19. The number of amides is 1. The van der Waals surface area contributed by atoms with Crippen LogP contribution in [0.4, 0.5) is 0 Å². The number of nitrogens with zero attached hydrogens (tertiary/aromatic N) is 3. The number of methoxy groups -OCH3 is 2. The number of para-hydroxylation sites is 1. The Kier molecular flexibility index (Phi) is 6.99. The number of aromatic nitrogens is 2. The molecule has 4 rings (SSSR count). The van der Waals surface area contributed by atoms with E-state index in [1.807, 2.05) is 41.3 Å². The maximum absolute atomic E-state index is 13.3. The second-order valence-electron chi connectivity index (χ2n) is 7.72. The fraction of sp³-hybridized carbons (Fsp3) is 0.375. The van der Waals surface area contributed by atoms with E-state index in [-0.39, 0.29) is 17.2 Å². The number of rotatable bonds is 7. The highest BCUT2D eigenvalue weighted by atomic mass is 32.2. The van der Waals surface area contributed by atoms with E-state index in [2.05, 4.69) is 0 Å². The van der Waals surface area contributed by atoms with Crippen LogP contribution in [0.1, 0.15) is 24.8 Å². The molecule has 0 spiro atoms. The van der Waals surface area contributed by atoms with E-state index in [9.17, 15) is 9.59 Å². The summed E-state index contributed by atoms with van der Waals surface area (Å²) in [5.74, 6) is 1.58. The third kappa shape index (κ3) is 4.75. The predicted molar refractivity (Wildman–Crippen MR) is 126 cm³/mol. The van der Waals surface area contributed by atoms with Gasteiger partial charge in [0.2, 0.25) is 5.91 Å². The van der Waals surface area contributed by atoms with Crippen molar-refractivity contribution in [2.75, 3.05) is 33.1 Å². The molecule has 0 radical (unpaired) electrons. The Morgan fingerprint density at radius 3 is 2.53 bits per heavy atom. The summed E-state index contributed by atoms with van der Waals surface area (Å²) < 4.78 is 12.4. The van der Waals surface area contributed by atoms with Gasteiger partial charge in [0.25, 0.3) is 5.56 Å². The summed E-state index contributed by atoms with van der Waals surface area (Å²) in [7, 11) is 3.17. The second kappa shape index (κ2) is 10.1. The lowest BCUT2D eigenvalue weighted by molar-refractivity contribution is -0.129. The number of ether oxygens (including phenoxy) is 2. The van der Waals surface area contributed by atoms with E-state index >= 15 is 0 Å². The molecule has 0 bridgehead atoms. The van der Waals surface area contributed by atoms with Gasteiger partial charge in [-0.2, -0.15) is 0 Å². The number of hydrogen-bond donors (Lipinski definition) is 0. The molecule has 0 aliphatic carbocycles. The number of hydrogen-bond acceptors (Lipinski definition) is 6. The number of fused-ring (bicyclic) bond motifs is 1. The summed E-state index contributed by atoms with van der Waals surface area (Å²) in [4.78, 5) is 32.7. The third-order valence-corrected chi connectivity index (χ3v) is 6.61. The smallest absolute Gasteiger partial charge is 0.262 e. The molecule has 32 heavy (non-hydrogen) atoms. The van der Waals surface area contributed by atoms with Crippen molar-refractivity contribution in [3.63, 3.8) is 0 Å². The molecular weight excluding hydrogens is 426 g/mol. The van der Waals surface area contributed by atoms with Crippen molar-refractivity contribution in [1.29, 1.82) is 0 Å². The number of likely N-dealkylation sites (tertiary alicyclic amines) is 1. The maximum atomic E-state index is 13.3. The topological polar surface area (TPSA) is 73.7 Å². The van der Waals surface area contributed by atoms with Gasteiger partial charge in [0.05, 0.1) is 37.4 Å². The van der Waals surface area contributed by atoms with Crippen LogP contribution in [0.5, 0.6) is 11.5 Å². The van der Waals surface area contributed by atoms with Gasteiger partial charge in [-0.05, 0) is 49.1 Å². The minimum absolute atomic E-state index is 0.0924. The predicted octanol–water partition coefficient (Wildman–Crippen LogP) is 3.57. The lowest BCUT2D eigenvalue weighted by Gasteiger charge is -2.26. The van der Waals surface area contributed by atoms with Crippen molar-refractivity contribution in [3.05, 3.63) is 58.4 Å². The van der Waals surface area contributed by atoms with Gasteiger partial charge in [0.15, 0.2) is 16.7 Å². The molecule has 2 heterocycles. The van der Waals surface area contributed by atoms with Crippen molar-refractivity contribution in [2.45, 2.75) is 31.0 Å². The van der Waals surface area contributed by atoms with Crippen molar-refractivity contribution < 1.29 is 14.3 Å². The van der Waals surface area contributed by atoms with Crippen LogP contribution in [0.2, 0.25) is 0 Å². The first-order valence-electron chi connectivity index (χ1n) is 10.7. The van der Waals surface area contributed by atoms with Crippen LogP contribution in [0.15, 0.2) is 52.4 Å². The standard InChI is InChI=1S/C24H27N3O4S/c1-30-20-11-10-17(14-21(20)31-2)15-27-23(29)18-8-4-5-9-19(18)25-24(27)32-16-22(28)26-12-6-3-7-13-26/h4-5,8-11,14H,3,6-7,12-13,15-16H2,1-2H3. The molecule has 3 aromatic rings. The van der Waals surface area contributed by atoms with Gasteiger partial charge in [-0.3, -0.25) is 14.2 Å². The minimum atomic E-state index is -0.127. The number of piperidine rings is 1. The number of carbonyl (C=O) groups is 1. The van der Waals surface area contributed by atoms with E-state index in [0.29, 0.717) is 34.1 Å². The van der Waals surface area contributed by atoms with Crippen LogP contribution >= 0.6 is 11.8 Å². The van der Waals surface area contributed by atoms with E-state index in [0.717, 1.165) is 31.5 Å². The normalized spacial score (nSPS) is 13.9. The Hall–Kier alpha value is -3.00. The van der Waals surface area contributed by atoms with Crippen LogP contribution in [-0.2, 0) is 11.3 Å². The molecule has 0 saturated carbocycles. The molecule has 0 unspecified atom stereocenters. The lowest BCUT2D eigenvalue weighted by Crippen LogP contribution is -2.37. The summed E-state index contributed by atoms with van der Waals surface area (Å²) in [5.41, 5.74) is 1.39. The van der Waals surface area contributed by atoms with Crippen LogP contribution in [-0.4, -0.2) is 53.4 Å². The largest absolute Gasteiger partial charge is 0.493 e. The Morgan fingerprint density at radius 1 is 1.03 bits per heavy atom. The summed E-state index contributed by atoms with van der Waals surface area (Å²) in [6.07, 6.45) is 3.28. The average Bonchev–Trinajstić information content (AvgIpc) is 2.84. The number of carbonyl (C=O) groups excluding carboxylic acids is 1. The van der Waals surface area contributed by atoms with E-state index in [1.165, 1.54) is 18.2 Å². The van der Waals surface area contributed by atoms with Crippen LogP contribution in [0.3, 0.4) is 0 Å². The zero-order chi connectivity index (χ0) is 22.5. The zero-order valence-electron chi connectivity index (χ0n) is 18.4. The van der Waals surface area contributed by atoms with E-state index in [1.54, 1.807) is 24.9 Å². The molecule has 168 valence electrons. The molecule has 7 nitrogen and oxygen atoms in total. The molecule has 1 saturated heterocycles. The van der Waals surface area contributed by atoms with Gasteiger partial charge in [0, 0.05) is 13.1 Å². The lowest BCUT2D eigenvalue weighted by atomic mass is 10.1. The van der Waals surface area contributed by atoms with Gasteiger partial charge >= 0.3 is 0 Å². The fourth-order valence-corrected chi connectivity index (χ4v) is 4.82. The Morgan fingerprint density at radius 2 is 1.78 bits per heavy atom. The summed E-state index contributed by atoms with van der Waals surface area (Å²) in [6.45, 7) is 1.93. The molecule has 0 N–H and O–H groups in total. The first-order chi connectivity index (χ1) is 15.6. The third-order valence-electron chi connectivity index (χ3n) is 5.65. The Bertz CT molecular complexity index is 1170. The quantitative estimate of drug-likeness (QED) is 0.402. The van der Waals surface area contributed by atoms with Gasteiger partial charge in [-0.1, -0.05) is 30.0 Å². The average molecular weight is 454 g/mol. The summed E-state index contributed by atoms with van der Waals surface area (Å²) in [5, 5.41) is 1.09.